The molecule has 1 aliphatic heterocycles. The molecule has 2 aromatic rings. The van der Waals surface area contributed by atoms with Gasteiger partial charge in [0, 0.05) is 17.5 Å². The van der Waals surface area contributed by atoms with Crippen molar-refractivity contribution in [2.24, 2.45) is 5.92 Å². The van der Waals surface area contributed by atoms with Crippen LogP contribution in [0, 0.1) is 28.5 Å². The zero-order valence-corrected chi connectivity index (χ0v) is 11.9. The van der Waals surface area contributed by atoms with Crippen LogP contribution in [0.15, 0.2) is 36.4 Å². The van der Waals surface area contributed by atoms with Gasteiger partial charge in [-0.3, -0.25) is 5.41 Å². The Balaban J connectivity index is 2.27. The third-order valence-electron chi connectivity index (χ3n) is 3.63. The van der Waals surface area contributed by atoms with Crippen LogP contribution in [-0.4, -0.2) is 11.0 Å². The highest BCUT2D eigenvalue weighted by Crippen LogP contribution is 2.45. The molecule has 0 saturated carbocycles. The molecule has 0 aromatic heterocycles. The molecule has 0 radical (unpaired) electrons. The molecule has 2 unspecified atom stereocenters. The smallest absolute Gasteiger partial charge is 0.205 e. The number of hydrogen-bond donors (Lipinski definition) is 2. The van der Waals surface area contributed by atoms with Gasteiger partial charge in [-0.25, -0.2) is 4.39 Å². The van der Waals surface area contributed by atoms with Gasteiger partial charge in [0.2, 0.25) is 5.90 Å². The van der Waals surface area contributed by atoms with Crippen LogP contribution in [0.5, 0.6) is 11.5 Å². The molecular weight excluding hydrogens is 307 g/mol. The zero-order valence-electron chi connectivity index (χ0n) is 11.2. The molecule has 0 fully saturated rings. The van der Waals surface area contributed by atoms with Crippen LogP contribution in [-0.2, 0) is 0 Å². The molecule has 0 saturated heterocycles. The minimum atomic E-state index is -0.968. The molecule has 0 aliphatic carbocycles. The molecule has 2 aromatic carbocycles. The molecule has 22 heavy (non-hydrogen) atoms. The Bertz CT molecular complexity index is 816. The summed E-state index contributed by atoms with van der Waals surface area (Å²) in [5, 5.41) is 27.0. The van der Waals surface area contributed by atoms with Crippen LogP contribution in [0.1, 0.15) is 17.0 Å². The number of rotatable bonds is 1. The zero-order chi connectivity index (χ0) is 15.9. The maximum Gasteiger partial charge on any atom is 0.205 e. The van der Waals surface area contributed by atoms with Crippen LogP contribution in [0.4, 0.5) is 4.39 Å². The Morgan fingerprint density at radius 2 is 2.00 bits per heavy atom. The Labute approximate surface area is 130 Å². The fraction of sp³-hybridized carbons (Fsp3) is 0.125. The maximum atomic E-state index is 14.2. The van der Waals surface area contributed by atoms with Crippen LogP contribution in [0.3, 0.4) is 0 Å². The highest BCUT2D eigenvalue weighted by molar-refractivity contribution is 6.32. The standard InChI is InChI=1S/C16H10ClFN2O2/c17-11-5-9-14(6-13(11)21)22-16(20)10(7-19)15(9)8-3-1-2-4-12(8)18/h1-6,10,15,20-21H. The number of nitrogens with one attached hydrogen (secondary N) is 1. The number of aromatic hydroxyl groups is 1. The second kappa shape index (κ2) is 5.32. The van der Waals surface area contributed by atoms with Crippen LogP contribution < -0.4 is 4.74 Å². The van der Waals surface area contributed by atoms with Crippen molar-refractivity contribution < 1.29 is 14.2 Å². The third-order valence-corrected chi connectivity index (χ3v) is 3.93. The number of phenols is 1. The molecule has 6 heteroatoms. The number of phenolic OH excluding ortho intramolecular Hbond substituents is 1. The van der Waals surface area contributed by atoms with Gasteiger partial charge >= 0.3 is 0 Å². The van der Waals surface area contributed by atoms with Gasteiger partial charge in [-0.05, 0) is 17.7 Å². The summed E-state index contributed by atoms with van der Waals surface area (Å²) in [5.74, 6) is -2.45. The number of nitriles is 1. The fourth-order valence-corrected chi connectivity index (χ4v) is 2.78. The van der Waals surface area contributed by atoms with E-state index in [1.165, 1.54) is 18.2 Å². The molecule has 0 bridgehead atoms. The van der Waals surface area contributed by atoms with E-state index in [2.05, 4.69) is 0 Å². The Hall–Kier alpha value is -2.58. The van der Waals surface area contributed by atoms with E-state index in [1.807, 2.05) is 6.07 Å². The summed E-state index contributed by atoms with van der Waals surface area (Å²) in [6.45, 7) is 0. The lowest BCUT2D eigenvalue weighted by Gasteiger charge is -2.30. The number of ether oxygens (including phenoxy) is 1. The highest BCUT2D eigenvalue weighted by Gasteiger charge is 2.38. The number of nitrogens with zero attached hydrogens (tertiary/aromatic N) is 1. The molecule has 3 rings (SSSR count). The summed E-state index contributed by atoms with van der Waals surface area (Å²) in [6.07, 6.45) is 0. The lowest BCUT2D eigenvalue weighted by Crippen LogP contribution is -2.31. The van der Waals surface area contributed by atoms with E-state index in [4.69, 9.17) is 21.7 Å². The summed E-state index contributed by atoms with van der Waals surface area (Å²) in [4.78, 5) is 0. The average Bonchev–Trinajstić information content (AvgIpc) is 2.49. The van der Waals surface area contributed by atoms with Crippen molar-refractivity contribution in [3.05, 3.63) is 58.4 Å². The maximum absolute atomic E-state index is 14.2. The number of halogens is 2. The Morgan fingerprint density at radius 3 is 2.68 bits per heavy atom. The third kappa shape index (κ3) is 2.18. The molecule has 0 amide bonds. The first-order chi connectivity index (χ1) is 10.5. The van der Waals surface area contributed by atoms with Gasteiger partial charge in [-0.2, -0.15) is 5.26 Å². The quantitative estimate of drug-likeness (QED) is 0.839. The summed E-state index contributed by atoms with van der Waals surface area (Å²) in [7, 11) is 0. The lowest BCUT2D eigenvalue weighted by molar-refractivity contribution is 0.432. The van der Waals surface area contributed by atoms with Crippen molar-refractivity contribution in [1.29, 1.82) is 10.7 Å². The van der Waals surface area contributed by atoms with Crippen molar-refractivity contribution in [2.75, 3.05) is 0 Å². The summed E-state index contributed by atoms with van der Waals surface area (Å²) in [5.41, 5.74) is 0.751. The van der Waals surface area contributed by atoms with Crippen molar-refractivity contribution in [1.82, 2.24) is 0 Å². The largest absolute Gasteiger partial charge is 0.506 e. The van der Waals surface area contributed by atoms with Gasteiger partial charge in [-0.15, -0.1) is 0 Å². The molecule has 2 atom stereocenters. The second-order valence-corrected chi connectivity index (χ2v) is 5.32. The Morgan fingerprint density at radius 1 is 1.27 bits per heavy atom. The van der Waals surface area contributed by atoms with Gasteiger partial charge in [0.25, 0.3) is 0 Å². The van der Waals surface area contributed by atoms with E-state index < -0.39 is 17.7 Å². The van der Waals surface area contributed by atoms with Crippen molar-refractivity contribution in [3.63, 3.8) is 0 Å². The van der Waals surface area contributed by atoms with Gasteiger partial charge < -0.3 is 9.84 Å². The molecule has 0 spiro atoms. The molecule has 2 N–H and O–H groups in total. The molecule has 1 aliphatic rings. The van der Waals surface area contributed by atoms with Crippen molar-refractivity contribution in [2.45, 2.75) is 5.92 Å². The topological polar surface area (TPSA) is 77.1 Å². The number of benzene rings is 2. The minimum Gasteiger partial charge on any atom is -0.506 e. The predicted octanol–water partition coefficient (Wildman–Crippen LogP) is 3.83. The van der Waals surface area contributed by atoms with E-state index >= 15 is 0 Å². The summed E-state index contributed by atoms with van der Waals surface area (Å²) in [6, 6.07) is 10.8. The van der Waals surface area contributed by atoms with Crippen LogP contribution in [0.25, 0.3) is 0 Å². The molecule has 110 valence electrons. The Kier molecular flexibility index (Phi) is 3.47. The van der Waals surface area contributed by atoms with E-state index in [0.717, 1.165) is 0 Å². The van der Waals surface area contributed by atoms with Crippen molar-refractivity contribution >= 4 is 17.5 Å². The van der Waals surface area contributed by atoms with Crippen LogP contribution >= 0.6 is 11.6 Å². The highest BCUT2D eigenvalue weighted by atomic mass is 35.5. The van der Waals surface area contributed by atoms with E-state index in [9.17, 15) is 14.8 Å². The van der Waals surface area contributed by atoms with Crippen LogP contribution in [0.2, 0.25) is 5.02 Å². The fourth-order valence-electron chi connectivity index (χ4n) is 2.61. The van der Waals surface area contributed by atoms with Gasteiger partial charge in [0.1, 0.15) is 23.2 Å². The van der Waals surface area contributed by atoms with Gasteiger partial charge in [0.15, 0.2) is 0 Å². The average molecular weight is 317 g/mol. The normalized spacial score (nSPS) is 20.0. The predicted molar refractivity (Wildman–Crippen MR) is 78.8 cm³/mol. The molecular formula is C16H10ClFN2O2. The summed E-state index contributed by atoms with van der Waals surface area (Å²) >= 11 is 5.93. The first kappa shape index (κ1) is 14.4. The minimum absolute atomic E-state index is 0.0776. The molecule has 1 heterocycles. The van der Waals surface area contributed by atoms with E-state index in [1.54, 1.807) is 18.2 Å². The van der Waals surface area contributed by atoms with E-state index in [0.29, 0.717) is 5.56 Å². The van der Waals surface area contributed by atoms with E-state index in [-0.39, 0.29) is 28.0 Å². The number of fused-ring (bicyclic) bond motifs is 1. The first-order valence-corrected chi connectivity index (χ1v) is 6.83. The van der Waals surface area contributed by atoms with Crippen molar-refractivity contribution in [3.8, 4) is 17.6 Å². The van der Waals surface area contributed by atoms with Gasteiger partial charge in [0.05, 0.1) is 11.1 Å². The first-order valence-electron chi connectivity index (χ1n) is 6.45. The number of hydrogen-bond acceptors (Lipinski definition) is 4. The lowest BCUT2D eigenvalue weighted by atomic mass is 9.79. The second-order valence-electron chi connectivity index (χ2n) is 4.91. The monoisotopic (exact) mass is 316 g/mol. The summed E-state index contributed by atoms with van der Waals surface area (Å²) < 4.78 is 19.5. The van der Waals surface area contributed by atoms with Gasteiger partial charge in [-0.1, -0.05) is 29.8 Å². The molecule has 4 nitrogen and oxygen atoms in total. The SMILES string of the molecule is N#CC1C(=N)Oc2cc(O)c(Cl)cc2C1c1ccccc1F.